The highest BCUT2D eigenvalue weighted by Crippen LogP contribution is 2.24. The molecule has 0 bridgehead atoms. The summed E-state index contributed by atoms with van der Waals surface area (Å²) in [6.07, 6.45) is 1.94. The molecule has 9 heteroatoms. The predicted molar refractivity (Wildman–Crippen MR) is 92.8 cm³/mol. The number of aromatic nitrogens is 3. The van der Waals surface area contributed by atoms with E-state index in [0.717, 1.165) is 10.6 Å². The molecule has 0 radical (unpaired) electrons. The standard InChI is InChI=1S/C18H13ClF3N3O2/c1-9-6-24-18(19)16(22)17(9)25-10(2)3-12(5-15(25)26)27-8-14-13(21)4-11(20)7-23-14/h3-7H,8H2,1-2H3/i8D2. The second-order valence-electron chi connectivity index (χ2n) is 5.59. The maximum atomic E-state index is 14.5. The number of rotatable bonds is 4. The van der Waals surface area contributed by atoms with Gasteiger partial charge in [-0.1, -0.05) is 11.6 Å². The molecule has 140 valence electrons. The van der Waals surface area contributed by atoms with E-state index >= 15 is 0 Å². The molecule has 0 amide bonds. The van der Waals surface area contributed by atoms with E-state index in [1.165, 1.54) is 19.2 Å². The van der Waals surface area contributed by atoms with Gasteiger partial charge in [0.2, 0.25) is 0 Å². The summed E-state index contributed by atoms with van der Waals surface area (Å²) in [5, 5.41) is -0.411. The minimum atomic E-state index is -2.80. The van der Waals surface area contributed by atoms with Crippen molar-refractivity contribution in [1.82, 2.24) is 14.5 Å². The Kier molecular flexibility index (Phi) is 4.47. The van der Waals surface area contributed by atoms with E-state index in [0.29, 0.717) is 17.8 Å². The van der Waals surface area contributed by atoms with E-state index in [1.807, 2.05) is 0 Å². The fourth-order valence-corrected chi connectivity index (χ4v) is 2.57. The summed E-state index contributed by atoms with van der Waals surface area (Å²) in [6, 6.07) is 2.62. The smallest absolute Gasteiger partial charge is 0.259 e. The van der Waals surface area contributed by atoms with Crippen molar-refractivity contribution >= 4 is 11.6 Å². The Labute approximate surface area is 159 Å². The molecule has 0 saturated heterocycles. The highest BCUT2D eigenvalue weighted by atomic mass is 35.5. The minimum Gasteiger partial charge on any atom is -0.487 e. The summed E-state index contributed by atoms with van der Waals surface area (Å²) in [5.41, 5.74) is -1.09. The lowest BCUT2D eigenvalue weighted by molar-refractivity contribution is 0.292. The van der Waals surface area contributed by atoms with Crippen LogP contribution in [0.15, 0.2) is 35.4 Å². The molecular formula is C18H13ClF3N3O2. The predicted octanol–water partition coefficient (Wildman–Crippen LogP) is 3.89. The highest BCUT2D eigenvalue weighted by molar-refractivity contribution is 6.29. The van der Waals surface area contributed by atoms with Crippen LogP contribution >= 0.6 is 11.6 Å². The van der Waals surface area contributed by atoms with E-state index in [4.69, 9.17) is 19.1 Å². The number of hydrogen-bond donors (Lipinski definition) is 0. The number of nitrogens with zero attached hydrogens (tertiary/aromatic N) is 3. The van der Waals surface area contributed by atoms with E-state index in [9.17, 15) is 18.0 Å². The van der Waals surface area contributed by atoms with Crippen LogP contribution in [0.5, 0.6) is 5.75 Å². The first-order valence-corrected chi connectivity index (χ1v) is 7.94. The summed E-state index contributed by atoms with van der Waals surface area (Å²) < 4.78 is 63.3. The van der Waals surface area contributed by atoms with E-state index in [1.54, 1.807) is 6.92 Å². The molecule has 3 heterocycles. The lowest BCUT2D eigenvalue weighted by atomic mass is 10.2. The minimum absolute atomic E-state index is 0.103. The largest absolute Gasteiger partial charge is 0.487 e. The molecule has 3 rings (SSSR count). The van der Waals surface area contributed by atoms with Gasteiger partial charge in [0, 0.05) is 30.1 Å². The molecule has 0 saturated carbocycles. The van der Waals surface area contributed by atoms with Crippen molar-refractivity contribution in [2.45, 2.75) is 20.4 Å². The van der Waals surface area contributed by atoms with Crippen LogP contribution in [0, 0.1) is 31.3 Å². The van der Waals surface area contributed by atoms with Gasteiger partial charge in [0.05, 0.1) is 14.6 Å². The first-order chi connectivity index (χ1) is 13.5. The van der Waals surface area contributed by atoms with Crippen LogP contribution < -0.4 is 10.3 Å². The summed E-state index contributed by atoms with van der Waals surface area (Å²) in [5.74, 6) is -3.37. The van der Waals surface area contributed by atoms with Gasteiger partial charge in [-0.25, -0.2) is 18.2 Å². The van der Waals surface area contributed by atoms with E-state index in [2.05, 4.69) is 9.97 Å². The van der Waals surface area contributed by atoms with Crippen molar-refractivity contribution in [3.05, 3.63) is 80.5 Å². The van der Waals surface area contributed by atoms with Crippen LogP contribution in [0.3, 0.4) is 0 Å². The third-order valence-corrected chi connectivity index (χ3v) is 3.88. The zero-order valence-corrected chi connectivity index (χ0v) is 14.8. The summed E-state index contributed by atoms with van der Waals surface area (Å²) in [4.78, 5) is 19.7. The van der Waals surface area contributed by atoms with Gasteiger partial charge in [0.15, 0.2) is 16.8 Å². The third kappa shape index (κ3) is 3.80. The molecule has 0 spiro atoms. The zero-order valence-electron chi connectivity index (χ0n) is 16.1. The normalized spacial score (nSPS) is 12.5. The van der Waals surface area contributed by atoms with Gasteiger partial charge in [-0.2, -0.15) is 0 Å². The van der Waals surface area contributed by atoms with Gasteiger partial charge in [0.1, 0.15) is 23.8 Å². The van der Waals surface area contributed by atoms with Gasteiger partial charge in [-0.15, -0.1) is 0 Å². The topological polar surface area (TPSA) is 57.0 Å². The van der Waals surface area contributed by atoms with Crippen molar-refractivity contribution in [2.24, 2.45) is 0 Å². The highest BCUT2D eigenvalue weighted by Gasteiger charge is 2.17. The Morgan fingerprint density at radius 1 is 1.19 bits per heavy atom. The molecule has 3 aromatic heterocycles. The summed E-state index contributed by atoms with van der Waals surface area (Å²) in [7, 11) is 0. The Hall–Kier alpha value is -2.87. The molecule has 0 fully saturated rings. The molecule has 0 atom stereocenters. The molecule has 0 aliphatic carbocycles. The lowest BCUT2D eigenvalue weighted by Gasteiger charge is -2.15. The van der Waals surface area contributed by atoms with Crippen LogP contribution in [-0.4, -0.2) is 14.5 Å². The van der Waals surface area contributed by atoms with Gasteiger partial charge >= 0.3 is 0 Å². The fourth-order valence-electron chi connectivity index (χ4n) is 2.43. The number of ether oxygens (including phenoxy) is 1. The molecule has 0 aromatic carbocycles. The molecular weight excluding hydrogens is 383 g/mol. The van der Waals surface area contributed by atoms with Crippen LogP contribution in [0.1, 0.15) is 19.7 Å². The molecule has 27 heavy (non-hydrogen) atoms. The van der Waals surface area contributed by atoms with E-state index in [-0.39, 0.29) is 17.1 Å². The van der Waals surface area contributed by atoms with Crippen molar-refractivity contribution < 1.29 is 20.6 Å². The monoisotopic (exact) mass is 397 g/mol. The maximum absolute atomic E-state index is 14.5. The Morgan fingerprint density at radius 3 is 2.59 bits per heavy atom. The van der Waals surface area contributed by atoms with Crippen molar-refractivity contribution in [3.63, 3.8) is 0 Å². The fraction of sp³-hybridized carbons (Fsp3) is 0.167. The van der Waals surface area contributed by atoms with Crippen LogP contribution in [0.2, 0.25) is 5.15 Å². The maximum Gasteiger partial charge on any atom is 0.259 e. The average Bonchev–Trinajstić information content (AvgIpc) is 2.60. The first kappa shape index (κ1) is 16.3. The second-order valence-corrected chi connectivity index (χ2v) is 5.95. The SMILES string of the molecule is [2H]C([2H])(Oc1cc(C)n(-c2c(C)cnc(Cl)c2F)c(=O)c1)c1ncc(F)cc1F. The molecule has 0 aliphatic heterocycles. The Bertz CT molecular complexity index is 1170. The third-order valence-electron chi connectivity index (χ3n) is 3.62. The van der Waals surface area contributed by atoms with Gasteiger partial charge in [-0.05, 0) is 19.4 Å². The van der Waals surface area contributed by atoms with Crippen LogP contribution in [-0.2, 0) is 6.56 Å². The number of aryl methyl sites for hydroxylation is 2. The van der Waals surface area contributed by atoms with Crippen LogP contribution in [0.25, 0.3) is 5.69 Å². The molecule has 0 unspecified atom stereocenters. The average molecular weight is 398 g/mol. The molecule has 0 N–H and O–H groups in total. The van der Waals surface area contributed by atoms with Crippen molar-refractivity contribution in [3.8, 4) is 11.4 Å². The summed E-state index contributed by atoms with van der Waals surface area (Å²) >= 11 is 5.71. The van der Waals surface area contributed by atoms with Gasteiger partial charge < -0.3 is 4.74 Å². The first-order valence-electron chi connectivity index (χ1n) is 8.56. The molecule has 5 nitrogen and oxygen atoms in total. The Morgan fingerprint density at radius 2 is 1.93 bits per heavy atom. The van der Waals surface area contributed by atoms with Gasteiger partial charge in [-0.3, -0.25) is 14.3 Å². The number of halogens is 4. The lowest BCUT2D eigenvalue weighted by Crippen LogP contribution is -2.22. The number of hydrogen-bond acceptors (Lipinski definition) is 4. The molecule has 3 aromatic rings. The zero-order chi connectivity index (χ0) is 21.5. The van der Waals surface area contributed by atoms with Crippen molar-refractivity contribution in [1.29, 1.82) is 0 Å². The van der Waals surface area contributed by atoms with E-state index < -0.39 is 40.4 Å². The molecule has 0 aliphatic rings. The quantitative estimate of drug-likeness (QED) is 0.627. The number of pyridine rings is 3. The van der Waals surface area contributed by atoms with Gasteiger partial charge in [0.25, 0.3) is 5.56 Å². The second kappa shape index (κ2) is 7.40. The van der Waals surface area contributed by atoms with Crippen molar-refractivity contribution in [2.75, 3.05) is 0 Å². The Balaban J connectivity index is 2.05. The van der Waals surface area contributed by atoms with Crippen LogP contribution in [0.4, 0.5) is 13.2 Å². The summed E-state index contributed by atoms with van der Waals surface area (Å²) in [6.45, 7) is 0.206.